The van der Waals surface area contributed by atoms with Crippen LogP contribution in [0.4, 0.5) is 0 Å². The molecule has 0 aromatic carbocycles. The lowest BCUT2D eigenvalue weighted by atomic mass is 9.79. The summed E-state index contributed by atoms with van der Waals surface area (Å²) in [5, 5.41) is 11.4. The van der Waals surface area contributed by atoms with Gasteiger partial charge in [-0.3, -0.25) is 4.68 Å². The van der Waals surface area contributed by atoms with Gasteiger partial charge in [0.1, 0.15) is 0 Å². The smallest absolute Gasteiger partial charge is 0.0692 e. The van der Waals surface area contributed by atoms with Gasteiger partial charge in [0.25, 0.3) is 0 Å². The zero-order chi connectivity index (χ0) is 12.1. The molecule has 1 aliphatic carbocycles. The Morgan fingerprint density at radius 1 is 1.29 bits per heavy atom. The van der Waals surface area contributed by atoms with Gasteiger partial charge in [-0.2, -0.15) is 0 Å². The van der Waals surface area contributed by atoms with Gasteiger partial charge in [0.2, 0.25) is 0 Å². The van der Waals surface area contributed by atoms with E-state index in [1.807, 2.05) is 10.9 Å². The monoisotopic (exact) mass is 236 g/mol. The molecule has 3 unspecified atom stereocenters. The Bertz CT molecular complexity index is 309. The summed E-state index contributed by atoms with van der Waals surface area (Å²) in [6.45, 7) is 6.82. The van der Waals surface area contributed by atoms with E-state index in [1.54, 1.807) is 6.20 Å². The van der Waals surface area contributed by atoms with Crippen molar-refractivity contribution in [1.29, 1.82) is 0 Å². The molecule has 1 N–H and O–H groups in total. The van der Waals surface area contributed by atoms with Gasteiger partial charge < -0.3 is 5.32 Å². The van der Waals surface area contributed by atoms with Gasteiger partial charge in [0.15, 0.2) is 0 Å². The number of hydrogen-bond donors (Lipinski definition) is 1. The van der Waals surface area contributed by atoms with E-state index in [1.165, 1.54) is 19.3 Å². The van der Waals surface area contributed by atoms with Crippen molar-refractivity contribution >= 4 is 0 Å². The Balaban J connectivity index is 1.59. The minimum Gasteiger partial charge on any atom is -0.314 e. The van der Waals surface area contributed by atoms with E-state index in [0.717, 1.165) is 37.4 Å². The average molecular weight is 236 g/mol. The molecule has 2 rings (SSSR count). The van der Waals surface area contributed by atoms with E-state index in [-0.39, 0.29) is 0 Å². The Hall–Kier alpha value is -0.900. The summed E-state index contributed by atoms with van der Waals surface area (Å²) in [5.41, 5.74) is 0. The fourth-order valence-corrected chi connectivity index (χ4v) is 2.63. The van der Waals surface area contributed by atoms with Crippen molar-refractivity contribution in [1.82, 2.24) is 20.3 Å². The second kappa shape index (κ2) is 6.15. The van der Waals surface area contributed by atoms with E-state index in [4.69, 9.17) is 0 Å². The topological polar surface area (TPSA) is 42.7 Å². The zero-order valence-corrected chi connectivity index (χ0v) is 11.0. The Morgan fingerprint density at radius 2 is 2.18 bits per heavy atom. The average Bonchev–Trinajstić information content (AvgIpc) is 2.82. The molecule has 96 valence electrons. The normalized spacial score (nSPS) is 29.4. The number of nitrogens with one attached hydrogen (secondary N) is 1. The molecule has 1 aromatic heterocycles. The lowest BCUT2D eigenvalue weighted by molar-refractivity contribution is 0.225. The molecule has 1 heterocycles. The van der Waals surface area contributed by atoms with Crippen LogP contribution in [0.1, 0.15) is 39.5 Å². The van der Waals surface area contributed by atoms with Crippen LogP contribution in [0.5, 0.6) is 0 Å². The van der Waals surface area contributed by atoms with E-state index >= 15 is 0 Å². The second-order valence-corrected chi connectivity index (χ2v) is 5.44. The summed E-state index contributed by atoms with van der Waals surface area (Å²) >= 11 is 0. The molecule has 1 saturated carbocycles. The third kappa shape index (κ3) is 3.80. The molecule has 4 heteroatoms. The van der Waals surface area contributed by atoms with Gasteiger partial charge in [0, 0.05) is 18.8 Å². The number of nitrogens with zero attached hydrogens (tertiary/aromatic N) is 3. The van der Waals surface area contributed by atoms with Gasteiger partial charge >= 0.3 is 0 Å². The first-order valence-corrected chi connectivity index (χ1v) is 6.83. The first-order chi connectivity index (χ1) is 8.25. The van der Waals surface area contributed by atoms with Crippen molar-refractivity contribution in [2.24, 2.45) is 11.8 Å². The van der Waals surface area contributed by atoms with Crippen LogP contribution >= 0.6 is 0 Å². The molecule has 0 amide bonds. The Kier molecular flexibility index (Phi) is 4.54. The van der Waals surface area contributed by atoms with Crippen LogP contribution in [0, 0.1) is 11.8 Å². The molecule has 0 bridgehead atoms. The second-order valence-electron chi connectivity index (χ2n) is 5.44. The van der Waals surface area contributed by atoms with E-state index in [2.05, 4.69) is 29.5 Å². The van der Waals surface area contributed by atoms with Gasteiger partial charge in [-0.1, -0.05) is 19.1 Å². The highest BCUT2D eigenvalue weighted by molar-refractivity contribution is 4.79. The number of aromatic nitrogens is 3. The number of aryl methyl sites for hydroxylation is 1. The van der Waals surface area contributed by atoms with Crippen molar-refractivity contribution in [3.8, 4) is 0 Å². The van der Waals surface area contributed by atoms with Crippen LogP contribution in [0.2, 0.25) is 0 Å². The molecule has 0 aliphatic heterocycles. The number of hydrogen-bond acceptors (Lipinski definition) is 3. The molecular formula is C13H24N4. The zero-order valence-electron chi connectivity index (χ0n) is 11.0. The minimum absolute atomic E-state index is 0.733. The summed E-state index contributed by atoms with van der Waals surface area (Å²) in [4.78, 5) is 0. The molecule has 1 fully saturated rings. The molecule has 1 aliphatic rings. The minimum atomic E-state index is 0.733. The lowest BCUT2D eigenvalue weighted by Crippen LogP contribution is -2.36. The molecule has 0 saturated heterocycles. The van der Waals surface area contributed by atoms with Crippen molar-refractivity contribution in [2.75, 3.05) is 6.54 Å². The van der Waals surface area contributed by atoms with E-state index in [0.29, 0.717) is 0 Å². The van der Waals surface area contributed by atoms with Crippen LogP contribution < -0.4 is 5.32 Å². The first kappa shape index (κ1) is 12.6. The third-order valence-electron chi connectivity index (χ3n) is 4.07. The maximum Gasteiger partial charge on any atom is 0.0692 e. The Morgan fingerprint density at radius 3 is 2.88 bits per heavy atom. The van der Waals surface area contributed by atoms with Gasteiger partial charge in [-0.25, -0.2) is 0 Å². The van der Waals surface area contributed by atoms with Crippen LogP contribution in [0.3, 0.4) is 0 Å². The van der Waals surface area contributed by atoms with E-state index < -0.39 is 0 Å². The molecule has 0 spiro atoms. The molecule has 3 atom stereocenters. The van der Waals surface area contributed by atoms with Crippen molar-refractivity contribution in [3.63, 3.8) is 0 Å². The maximum atomic E-state index is 3.96. The van der Waals surface area contributed by atoms with Gasteiger partial charge in [-0.15, -0.1) is 5.10 Å². The fourth-order valence-electron chi connectivity index (χ4n) is 2.63. The largest absolute Gasteiger partial charge is 0.314 e. The third-order valence-corrected chi connectivity index (χ3v) is 4.07. The standard InChI is InChI=1S/C13H24N4/c1-11-4-5-13(10-12(11)2)14-6-3-8-17-9-7-15-16-17/h7,9,11-14H,3-6,8,10H2,1-2H3. The van der Waals surface area contributed by atoms with Gasteiger partial charge in [0.05, 0.1) is 6.20 Å². The van der Waals surface area contributed by atoms with Crippen LogP contribution in [0.25, 0.3) is 0 Å². The predicted molar refractivity (Wildman–Crippen MR) is 68.6 cm³/mol. The van der Waals surface area contributed by atoms with Crippen molar-refractivity contribution in [2.45, 2.75) is 52.1 Å². The predicted octanol–water partition coefficient (Wildman–Crippen LogP) is 2.08. The van der Waals surface area contributed by atoms with Crippen molar-refractivity contribution < 1.29 is 0 Å². The summed E-state index contributed by atoms with van der Waals surface area (Å²) in [7, 11) is 0. The number of rotatable bonds is 5. The first-order valence-electron chi connectivity index (χ1n) is 6.83. The maximum absolute atomic E-state index is 3.96. The molecule has 1 aromatic rings. The quantitative estimate of drug-likeness (QED) is 0.796. The van der Waals surface area contributed by atoms with Crippen LogP contribution in [0.15, 0.2) is 12.4 Å². The molecule has 17 heavy (non-hydrogen) atoms. The fraction of sp³-hybridized carbons (Fsp3) is 0.846. The van der Waals surface area contributed by atoms with Crippen molar-refractivity contribution in [3.05, 3.63) is 12.4 Å². The summed E-state index contributed by atoms with van der Waals surface area (Å²) in [5.74, 6) is 1.78. The molecule has 4 nitrogen and oxygen atoms in total. The van der Waals surface area contributed by atoms with Gasteiger partial charge in [-0.05, 0) is 44.1 Å². The highest BCUT2D eigenvalue weighted by atomic mass is 15.4. The SMILES string of the molecule is CC1CCC(NCCCn2ccnn2)CC1C. The lowest BCUT2D eigenvalue weighted by Gasteiger charge is -2.32. The highest BCUT2D eigenvalue weighted by Crippen LogP contribution is 2.29. The van der Waals surface area contributed by atoms with Crippen LogP contribution in [-0.4, -0.2) is 27.6 Å². The molecule has 0 radical (unpaired) electrons. The highest BCUT2D eigenvalue weighted by Gasteiger charge is 2.23. The van der Waals surface area contributed by atoms with E-state index in [9.17, 15) is 0 Å². The Labute approximate surface area is 104 Å². The summed E-state index contributed by atoms with van der Waals surface area (Å²) in [6.07, 6.45) is 8.84. The summed E-state index contributed by atoms with van der Waals surface area (Å²) < 4.78 is 1.90. The van der Waals surface area contributed by atoms with Crippen LogP contribution in [-0.2, 0) is 6.54 Å². The summed E-state index contributed by atoms with van der Waals surface area (Å²) in [6, 6.07) is 0.733. The molecular weight excluding hydrogens is 212 g/mol.